The molecule has 5 nitrogen and oxygen atoms in total. The van der Waals surface area contributed by atoms with Gasteiger partial charge in [0.2, 0.25) is 0 Å². The smallest absolute Gasteiger partial charge is 0.191 e. The average molecular weight is 480 g/mol. The van der Waals surface area contributed by atoms with Crippen LogP contribution in [0.5, 0.6) is 0 Å². The second-order valence-corrected chi connectivity index (χ2v) is 7.54. The number of halogens is 1. The molecule has 1 fully saturated rings. The molecular formula is C18H33IN4OS. The minimum Gasteiger partial charge on any atom is -0.381 e. The number of rotatable bonds is 7. The van der Waals surface area contributed by atoms with E-state index in [0.29, 0.717) is 5.92 Å². The van der Waals surface area contributed by atoms with Crippen molar-refractivity contribution in [1.29, 1.82) is 0 Å². The van der Waals surface area contributed by atoms with Gasteiger partial charge in [0.05, 0.1) is 6.54 Å². The third kappa shape index (κ3) is 6.69. The van der Waals surface area contributed by atoms with Crippen LogP contribution in [0, 0.1) is 0 Å². The predicted octanol–water partition coefficient (Wildman–Crippen LogP) is 3.14. The topological polar surface area (TPSA) is 48.9 Å². The van der Waals surface area contributed by atoms with E-state index in [0.717, 1.165) is 51.6 Å². The van der Waals surface area contributed by atoms with Crippen molar-refractivity contribution in [3.63, 3.8) is 0 Å². The Bertz CT molecular complexity index is 501. The maximum atomic E-state index is 5.54. The molecule has 0 amide bonds. The number of aliphatic imine (C=N–C) groups is 1. The van der Waals surface area contributed by atoms with Crippen molar-refractivity contribution in [3.8, 4) is 0 Å². The molecule has 1 aliphatic heterocycles. The molecule has 1 unspecified atom stereocenters. The van der Waals surface area contributed by atoms with Gasteiger partial charge < -0.3 is 20.3 Å². The first-order valence-corrected chi connectivity index (χ1v) is 9.81. The first kappa shape index (κ1) is 22.7. The van der Waals surface area contributed by atoms with Crippen LogP contribution < -0.4 is 10.6 Å². The van der Waals surface area contributed by atoms with Gasteiger partial charge in [-0.15, -0.1) is 24.0 Å². The van der Waals surface area contributed by atoms with Crippen molar-refractivity contribution >= 4 is 41.3 Å². The Morgan fingerprint density at radius 2 is 2.08 bits per heavy atom. The maximum Gasteiger partial charge on any atom is 0.191 e. The summed E-state index contributed by atoms with van der Waals surface area (Å²) in [7, 11) is 4.31. The zero-order valence-corrected chi connectivity index (χ0v) is 19.0. The van der Waals surface area contributed by atoms with Crippen LogP contribution in [0.15, 0.2) is 21.8 Å². The molecule has 1 atom stereocenters. The third-order valence-electron chi connectivity index (χ3n) is 4.94. The van der Waals surface area contributed by atoms with Crippen LogP contribution in [0.2, 0.25) is 0 Å². The Balaban J connectivity index is 0.00000312. The lowest BCUT2D eigenvalue weighted by Gasteiger charge is -2.41. The van der Waals surface area contributed by atoms with Gasteiger partial charge in [-0.1, -0.05) is 6.92 Å². The molecule has 0 aromatic carbocycles. The van der Waals surface area contributed by atoms with Gasteiger partial charge in [0.1, 0.15) is 0 Å². The number of guanidine groups is 1. The highest BCUT2D eigenvalue weighted by Crippen LogP contribution is 2.26. The van der Waals surface area contributed by atoms with E-state index in [1.165, 1.54) is 5.56 Å². The van der Waals surface area contributed by atoms with E-state index in [-0.39, 0.29) is 29.5 Å². The molecule has 1 aromatic heterocycles. The van der Waals surface area contributed by atoms with Crippen LogP contribution in [0.3, 0.4) is 0 Å². The molecule has 2 N–H and O–H groups in total. The van der Waals surface area contributed by atoms with Gasteiger partial charge in [-0.05, 0) is 62.2 Å². The fraction of sp³-hybridized carbons (Fsp3) is 0.722. The van der Waals surface area contributed by atoms with Gasteiger partial charge in [-0.2, -0.15) is 11.3 Å². The molecule has 0 radical (unpaired) electrons. The number of ether oxygens (including phenoxy) is 1. The Morgan fingerprint density at radius 1 is 1.36 bits per heavy atom. The molecule has 0 aliphatic carbocycles. The van der Waals surface area contributed by atoms with E-state index in [9.17, 15) is 0 Å². The summed E-state index contributed by atoms with van der Waals surface area (Å²) in [5.41, 5.74) is 1.50. The molecule has 1 aromatic rings. The molecule has 144 valence electrons. The molecule has 1 saturated heterocycles. The van der Waals surface area contributed by atoms with E-state index >= 15 is 0 Å². The summed E-state index contributed by atoms with van der Waals surface area (Å²) in [6.07, 6.45) is 2.07. The summed E-state index contributed by atoms with van der Waals surface area (Å²) in [5, 5.41) is 11.2. The third-order valence-corrected chi connectivity index (χ3v) is 5.64. The van der Waals surface area contributed by atoms with Crippen molar-refractivity contribution in [2.24, 2.45) is 4.99 Å². The second kappa shape index (κ2) is 11.4. The lowest BCUT2D eigenvalue weighted by molar-refractivity contribution is -0.00254. The normalized spacial score (nSPS) is 18.5. The molecule has 25 heavy (non-hydrogen) atoms. The largest absolute Gasteiger partial charge is 0.381 e. The minimum atomic E-state index is 0. The summed E-state index contributed by atoms with van der Waals surface area (Å²) >= 11 is 1.75. The van der Waals surface area contributed by atoms with E-state index in [1.807, 2.05) is 0 Å². The number of likely N-dealkylation sites (N-methyl/N-ethyl adjacent to an activating group) is 1. The summed E-state index contributed by atoms with van der Waals surface area (Å²) in [5.74, 6) is 1.39. The van der Waals surface area contributed by atoms with Crippen molar-refractivity contribution in [2.45, 2.75) is 38.1 Å². The van der Waals surface area contributed by atoms with Crippen molar-refractivity contribution < 1.29 is 4.74 Å². The minimum absolute atomic E-state index is 0. The second-order valence-electron chi connectivity index (χ2n) is 6.76. The Morgan fingerprint density at radius 3 is 2.64 bits per heavy atom. The van der Waals surface area contributed by atoms with Crippen molar-refractivity contribution in [1.82, 2.24) is 15.5 Å². The number of nitrogens with zero attached hydrogens (tertiary/aromatic N) is 2. The zero-order valence-electron chi connectivity index (χ0n) is 15.9. The van der Waals surface area contributed by atoms with Gasteiger partial charge >= 0.3 is 0 Å². The summed E-state index contributed by atoms with van der Waals surface area (Å²) < 4.78 is 5.54. The Labute approximate surface area is 173 Å². The lowest BCUT2D eigenvalue weighted by atomic mass is 9.89. The predicted molar refractivity (Wildman–Crippen MR) is 119 cm³/mol. The highest BCUT2D eigenvalue weighted by molar-refractivity contribution is 14.0. The van der Waals surface area contributed by atoms with Crippen molar-refractivity contribution in [2.75, 3.05) is 46.9 Å². The van der Waals surface area contributed by atoms with Gasteiger partial charge in [0, 0.05) is 31.8 Å². The first-order valence-electron chi connectivity index (χ1n) is 8.87. The van der Waals surface area contributed by atoms with Crippen LogP contribution in [0.4, 0.5) is 0 Å². The lowest BCUT2D eigenvalue weighted by Crippen LogP contribution is -2.51. The molecule has 1 aliphatic rings. The molecule has 2 heterocycles. The van der Waals surface area contributed by atoms with E-state index < -0.39 is 0 Å². The molecular weight excluding hydrogens is 447 g/mol. The van der Waals surface area contributed by atoms with Crippen LogP contribution in [0.25, 0.3) is 0 Å². The fourth-order valence-electron chi connectivity index (χ4n) is 2.99. The van der Waals surface area contributed by atoms with E-state index in [2.05, 4.69) is 60.3 Å². The SMILES string of the molecule is CCNC(=NCC1(N(C)C)CCOCC1)NCC(C)c1ccsc1.I. The highest BCUT2D eigenvalue weighted by atomic mass is 127. The monoisotopic (exact) mass is 480 g/mol. The molecule has 0 saturated carbocycles. The molecule has 0 spiro atoms. The fourth-order valence-corrected chi connectivity index (χ4v) is 3.77. The van der Waals surface area contributed by atoms with Crippen molar-refractivity contribution in [3.05, 3.63) is 22.4 Å². The summed E-state index contributed by atoms with van der Waals surface area (Å²) in [4.78, 5) is 7.20. The standard InChI is InChI=1S/C18H32N4OS.HI/c1-5-19-17(20-12-15(2)16-6-11-24-13-16)21-14-18(22(3)4)7-9-23-10-8-18;/h6,11,13,15H,5,7-10,12,14H2,1-4H3,(H2,19,20,21);1H. The number of nitrogens with one attached hydrogen (secondary N) is 2. The van der Waals surface area contributed by atoms with Gasteiger partial charge in [-0.25, -0.2) is 0 Å². The zero-order chi connectivity index (χ0) is 17.4. The van der Waals surface area contributed by atoms with E-state index in [1.54, 1.807) is 11.3 Å². The number of hydrogen-bond acceptors (Lipinski definition) is 4. The molecule has 0 bridgehead atoms. The van der Waals surface area contributed by atoms with Crippen LogP contribution in [-0.2, 0) is 4.74 Å². The van der Waals surface area contributed by atoms with Crippen LogP contribution in [-0.4, -0.2) is 63.3 Å². The highest BCUT2D eigenvalue weighted by Gasteiger charge is 2.34. The molecule has 2 rings (SSSR count). The maximum absolute atomic E-state index is 5.54. The van der Waals surface area contributed by atoms with E-state index in [4.69, 9.17) is 9.73 Å². The van der Waals surface area contributed by atoms with Crippen LogP contribution >= 0.6 is 35.3 Å². The summed E-state index contributed by atoms with van der Waals surface area (Å²) in [6.45, 7) is 8.57. The van der Waals surface area contributed by atoms with Gasteiger partial charge in [0.25, 0.3) is 0 Å². The number of thiophene rings is 1. The Kier molecular flexibility index (Phi) is 10.3. The Hall–Kier alpha value is -0.380. The summed E-state index contributed by atoms with van der Waals surface area (Å²) in [6, 6.07) is 2.20. The molecule has 7 heteroatoms. The quantitative estimate of drug-likeness (QED) is 0.358. The van der Waals surface area contributed by atoms with Gasteiger partial charge in [-0.3, -0.25) is 4.99 Å². The number of hydrogen-bond donors (Lipinski definition) is 2. The average Bonchev–Trinajstić information content (AvgIpc) is 3.12. The van der Waals surface area contributed by atoms with Gasteiger partial charge in [0.15, 0.2) is 5.96 Å². The first-order chi connectivity index (χ1) is 11.6. The van der Waals surface area contributed by atoms with Crippen LogP contribution in [0.1, 0.15) is 38.2 Å².